The summed E-state index contributed by atoms with van der Waals surface area (Å²) in [5.41, 5.74) is 3.25. The van der Waals surface area contributed by atoms with E-state index in [1.54, 1.807) is 11.1 Å². The van der Waals surface area contributed by atoms with Crippen LogP contribution in [-0.2, 0) is 6.16 Å². The number of alkyl halides is 2. The van der Waals surface area contributed by atoms with Crippen molar-refractivity contribution >= 4 is 7.26 Å². The van der Waals surface area contributed by atoms with Gasteiger partial charge in [-0.15, -0.1) is 0 Å². The van der Waals surface area contributed by atoms with E-state index in [-0.39, 0.29) is 21.2 Å². The molecule has 1 atom stereocenters. The first kappa shape index (κ1) is 29.3. The minimum absolute atomic E-state index is 0.274. The number of halogens is 1. The van der Waals surface area contributed by atoms with Crippen LogP contribution in [0.4, 0.5) is 0 Å². The van der Waals surface area contributed by atoms with E-state index >= 15 is 0 Å². The largest absolute Gasteiger partial charge is 0.400 e. The standard InChI is InChI=1S/C25H46IP.CH4O/c1-7-10-17-27(18-11-8-2,19-12-9-3)21-23-13-15-24(16-14-23)25(26-6)20-22(4)5;1-2/h13-16,22,25H,7-12,17-21H2,1-6H3;2H,1H3. The zero-order valence-electron chi connectivity index (χ0n) is 20.5. The van der Waals surface area contributed by atoms with Gasteiger partial charge in [-0.25, -0.2) is 0 Å². The van der Waals surface area contributed by atoms with E-state index < -0.39 is 7.26 Å². The summed E-state index contributed by atoms with van der Waals surface area (Å²) >= 11 is 0.274. The number of unbranched alkanes of at least 4 members (excludes halogenated alkanes) is 3. The maximum Gasteiger partial charge on any atom is 0.0319 e. The Morgan fingerprint density at radius 1 is 0.828 bits per heavy atom. The molecule has 1 rings (SSSR count). The Morgan fingerprint density at radius 3 is 1.62 bits per heavy atom. The Morgan fingerprint density at radius 2 is 1.28 bits per heavy atom. The van der Waals surface area contributed by atoms with Crippen LogP contribution < -0.4 is 21.2 Å². The van der Waals surface area contributed by atoms with Gasteiger partial charge in [-0.05, 0) is 0 Å². The predicted molar refractivity (Wildman–Crippen MR) is 133 cm³/mol. The van der Waals surface area contributed by atoms with Crippen LogP contribution >= 0.6 is 7.26 Å². The van der Waals surface area contributed by atoms with Crippen LogP contribution in [0.15, 0.2) is 24.3 Å². The Hall–Kier alpha value is 0.340. The molecule has 0 saturated heterocycles. The molecule has 0 aromatic heterocycles. The normalized spacial score (nSPS) is 12.7. The summed E-state index contributed by atoms with van der Waals surface area (Å²) in [5.74, 6) is 0.810. The third-order valence-corrected chi connectivity index (χ3v) is 13.3. The molecule has 3 heteroatoms. The molecular formula is C26H50IOP. The van der Waals surface area contributed by atoms with E-state index in [1.807, 2.05) is 0 Å². The summed E-state index contributed by atoms with van der Waals surface area (Å²) in [6.07, 6.45) is 15.8. The van der Waals surface area contributed by atoms with Gasteiger partial charge in [-0.2, -0.15) is 0 Å². The topological polar surface area (TPSA) is 20.2 Å². The molecule has 172 valence electrons. The smallest absolute Gasteiger partial charge is 0.0319 e. The van der Waals surface area contributed by atoms with Gasteiger partial charge in [0.15, 0.2) is 0 Å². The zero-order valence-corrected chi connectivity index (χ0v) is 23.6. The molecule has 0 heterocycles. The second kappa shape index (κ2) is 18.0. The molecule has 0 bridgehead atoms. The summed E-state index contributed by atoms with van der Waals surface area (Å²) in [7, 11) is 0.171. The maximum atomic E-state index is 7.00. The summed E-state index contributed by atoms with van der Waals surface area (Å²) < 4.78 is 0.845. The van der Waals surface area contributed by atoms with Crippen molar-refractivity contribution in [1.29, 1.82) is 0 Å². The Balaban J connectivity index is 0.00000379. The number of aliphatic hydroxyl groups excluding tert-OH is 1. The fourth-order valence-electron chi connectivity index (χ4n) is 4.04. The van der Waals surface area contributed by atoms with Gasteiger partial charge in [-0.3, -0.25) is 0 Å². The summed E-state index contributed by atoms with van der Waals surface area (Å²) in [5, 5.41) is 7.00. The van der Waals surface area contributed by atoms with Crippen molar-refractivity contribution in [3.8, 4) is 0 Å². The summed E-state index contributed by atoms with van der Waals surface area (Å²) in [6, 6.07) is 9.97. The third-order valence-electron chi connectivity index (χ3n) is 5.76. The first-order chi connectivity index (χ1) is 14.0. The average molecular weight is 537 g/mol. The molecule has 0 aliphatic heterocycles. The van der Waals surface area contributed by atoms with E-state index in [9.17, 15) is 0 Å². The average Bonchev–Trinajstić information content (AvgIpc) is 2.75. The SMILES string of the molecule is CCCC[P+](CCCC)(CCCC)Cc1ccc(C(CC(C)C)[I-]C)cc1.CO. The van der Waals surface area contributed by atoms with E-state index in [1.165, 1.54) is 69.6 Å². The van der Waals surface area contributed by atoms with Gasteiger partial charge < -0.3 is 5.11 Å². The van der Waals surface area contributed by atoms with Gasteiger partial charge >= 0.3 is 183 Å². The van der Waals surface area contributed by atoms with Crippen molar-refractivity contribution in [3.05, 3.63) is 35.4 Å². The maximum absolute atomic E-state index is 7.00. The van der Waals surface area contributed by atoms with Crippen LogP contribution in [0.2, 0.25) is 0 Å². The molecular weight excluding hydrogens is 486 g/mol. The van der Waals surface area contributed by atoms with E-state index in [0.717, 1.165) is 17.0 Å². The fraction of sp³-hybridized carbons (Fsp3) is 0.769. The molecule has 0 aliphatic carbocycles. The second-order valence-corrected chi connectivity index (χ2v) is 15.9. The number of rotatable bonds is 15. The van der Waals surface area contributed by atoms with E-state index in [0.29, 0.717) is 0 Å². The molecule has 1 unspecified atom stereocenters. The number of benzene rings is 1. The molecule has 0 saturated carbocycles. The molecule has 1 aromatic carbocycles. The quantitative estimate of drug-likeness (QED) is 0.190. The molecule has 1 nitrogen and oxygen atoms in total. The zero-order chi connectivity index (χ0) is 22.1. The van der Waals surface area contributed by atoms with Crippen LogP contribution in [0.25, 0.3) is 0 Å². The predicted octanol–water partition coefficient (Wildman–Crippen LogP) is 5.02. The van der Waals surface area contributed by atoms with Gasteiger partial charge in [0.1, 0.15) is 0 Å². The summed E-state index contributed by atoms with van der Waals surface area (Å²) in [6.45, 7) is 11.8. The molecule has 29 heavy (non-hydrogen) atoms. The van der Waals surface area contributed by atoms with Gasteiger partial charge in [0, 0.05) is 7.11 Å². The van der Waals surface area contributed by atoms with Crippen LogP contribution in [0.1, 0.15) is 94.6 Å². The fourth-order valence-corrected chi connectivity index (χ4v) is 11.8. The van der Waals surface area contributed by atoms with Crippen LogP contribution in [0.5, 0.6) is 0 Å². The molecule has 0 fully saturated rings. The van der Waals surface area contributed by atoms with Crippen molar-refractivity contribution in [2.45, 2.75) is 89.7 Å². The van der Waals surface area contributed by atoms with Crippen LogP contribution in [0, 0.1) is 5.92 Å². The minimum atomic E-state index is -0.829. The Labute approximate surface area is 194 Å². The third kappa shape index (κ3) is 12.1. The first-order valence-corrected chi connectivity index (χ1v) is 17.8. The van der Waals surface area contributed by atoms with Crippen LogP contribution in [-0.4, -0.2) is 35.6 Å². The number of hydrogen-bond acceptors (Lipinski definition) is 1. The summed E-state index contributed by atoms with van der Waals surface area (Å²) in [4.78, 5) is 2.45. The van der Waals surface area contributed by atoms with Crippen molar-refractivity contribution in [2.75, 3.05) is 30.5 Å². The van der Waals surface area contributed by atoms with E-state index in [2.05, 4.69) is 63.8 Å². The monoisotopic (exact) mass is 536 g/mol. The molecule has 1 N–H and O–H groups in total. The van der Waals surface area contributed by atoms with Crippen molar-refractivity contribution < 1.29 is 26.3 Å². The first-order valence-electron chi connectivity index (χ1n) is 11.9. The molecule has 1 aromatic rings. The minimum Gasteiger partial charge on any atom is -0.400 e. The van der Waals surface area contributed by atoms with Crippen molar-refractivity contribution in [1.82, 2.24) is 0 Å². The molecule has 0 amide bonds. The van der Waals surface area contributed by atoms with Crippen molar-refractivity contribution in [3.63, 3.8) is 0 Å². The van der Waals surface area contributed by atoms with Crippen molar-refractivity contribution in [2.24, 2.45) is 5.92 Å². The van der Waals surface area contributed by atoms with Gasteiger partial charge in [0.25, 0.3) is 0 Å². The van der Waals surface area contributed by atoms with Gasteiger partial charge in [-0.1, -0.05) is 0 Å². The number of aliphatic hydroxyl groups is 1. The van der Waals surface area contributed by atoms with Crippen LogP contribution in [0.3, 0.4) is 0 Å². The molecule has 0 radical (unpaired) electrons. The Kier molecular flexibility index (Phi) is 18.2. The molecule has 0 spiro atoms. The molecule has 0 aliphatic rings. The second-order valence-electron chi connectivity index (χ2n) is 8.79. The van der Waals surface area contributed by atoms with Gasteiger partial charge in [0.05, 0.1) is 0 Å². The van der Waals surface area contributed by atoms with E-state index in [4.69, 9.17) is 5.11 Å². The number of hydrogen-bond donors (Lipinski definition) is 1. The van der Waals surface area contributed by atoms with Gasteiger partial charge in [0.2, 0.25) is 0 Å². The Bertz CT molecular complexity index is 464.